The van der Waals surface area contributed by atoms with E-state index in [9.17, 15) is 0 Å². The standard InChI is InChI=1S/C39H62/c1-2-4-24(3-1)25-5-11-29(12-6-25)34-20-21-35-30-15-13-28(14-16-30)33-18-17-31-23-37(33)39(38(34)35)36-22-19-32(36)27-9-7-26(31)8-10-27/h24-39H,1-23H2. The predicted octanol–water partition coefficient (Wildman–Crippen LogP) is 10.9. The van der Waals surface area contributed by atoms with Crippen molar-refractivity contribution >= 4 is 0 Å². The normalized spacial score (nSPS) is 57.1. The second kappa shape index (κ2) is 10.3. The fourth-order valence-electron chi connectivity index (χ4n) is 15.5. The van der Waals surface area contributed by atoms with E-state index in [0.29, 0.717) is 0 Å². The highest BCUT2D eigenvalue weighted by molar-refractivity contribution is 5.08. The van der Waals surface area contributed by atoms with Crippen molar-refractivity contribution in [2.24, 2.45) is 94.7 Å². The first-order valence-corrected chi connectivity index (χ1v) is 19.3. The van der Waals surface area contributed by atoms with Crippen molar-refractivity contribution in [3.63, 3.8) is 0 Å². The molecule has 0 aliphatic heterocycles. The summed E-state index contributed by atoms with van der Waals surface area (Å²) in [6, 6.07) is 0. The monoisotopic (exact) mass is 530 g/mol. The minimum atomic E-state index is 1.12. The SMILES string of the molecule is C1CCC(C2CCC(C3CCC4C5CCC(CC5)C5CCC6CC5C(C5CCC5C5CCC6CC5)C34)CC2)C1. The van der Waals surface area contributed by atoms with Gasteiger partial charge in [0.1, 0.15) is 0 Å². The second-order valence-corrected chi connectivity index (χ2v) is 17.9. The van der Waals surface area contributed by atoms with E-state index < -0.39 is 0 Å². The summed E-state index contributed by atoms with van der Waals surface area (Å²) in [5.41, 5.74) is 0. The lowest BCUT2D eigenvalue weighted by Crippen LogP contribution is -2.51. The second-order valence-electron chi connectivity index (χ2n) is 17.9. The minimum absolute atomic E-state index is 1.12. The Bertz CT molecular complexity index is 843. The molecule has 9 unspecified atom stereocenters. The molecule has 0 heterocycles. The Balaban J connectivity index is 1.07. The van der Waals surface area contributed by atoms with Crippen LogP contribution < -0.4 is 0 Å². The topological polar surface area (TPSA) is 0 Å². The van der Waals surface area contributed by atoms with Gasteiger partial charge in [-0.3, -0.25) is 0 Å². The van der Waals surface area contributed by atoms with E-state index in [1.807, 2.05) is 0 Å². The number of rotatable bonds is 2. The number of hydrogen-bond acceptors (Lipinski definition) is 0. The van der Waals surface area contributed by atoms with Crippen LogP contribution in [-0.2, 0) is 0 Å². The van der Waals surface area contributed by atoms with Gasteiger partial charge in [0.15, 0.2) is 0 Å². The highest BCUT2D eigenvalue weighted by Crippen LogP contribution is 2.67. The van der Waals surface area contributed by atoms with E-state index in [4.69, 9.17) is 0 Å². The summed E-state index contributed by atoms with van der Waals surface area (Å²) in [5, 5.41) is 0. The molecule has 11 saturated carbocycles. The lowest BCUT2D eigenvalue weighted by molar-refractivity contribution is -0.0957. The van der Waals surface area contributed by atoms with E-state index in [2.05, 4.69) is 0 Å². The first-order chi connectivity index (χ1) is 19.3. The maximum Gasteiger partial charge on any atom is -0.0318 e. The molecule has 11 fully saturated rings. The van der Waals surface area contributed by atoms with Crippen LogP contribution in [0.15, 0.2) is 0 Å². The third-order valence-electron chi connectivity index (χ3n) is 17.2. The molecule has 11 aliphatic carbocycles. The third-order valence-corrected chi connectivity index (χ3v) is 17.2. The molecule has 11 rings (SSSR count). The van der Waals surface area contributed by atoms with Crippen molar-refractivity contribution in [3.05, 3.63) is 0 Å². The summed E-state index contributed by atoms with van der Waals surface area (Å²) >= 11 is 0. The molecule has 0 amide bonds. The average Bonchev–Trinajstić information content (AvgIpc) is 3.67. The van der Waals surface area contributed by atoms with Gasteiger partial charge in [-0.15, -0.1) is 0 Å². The van der Waals surface area contributed by atoms with Gasteiger partial charge in [0.05, 0.1) is 0 Å². The molecule has 0 aromatic carbocycles. The summed E-state index contributed by atoms with van der Waals surface area (Å²) in [6.45, 7) is 0. The highest BCUT2D eigenvalue weighted by Gasteiger charge is 2.59. The van der Waals surface area contributed by atoms with Gasteiger partial charge in [0.2, 0.25) is 0 Å². The summed E-state index contributed by atoms with van der Waals surface area (Å²) < 4.78 is 0. The molecule has 0 spiro atoms. The predicted molar refractivity (Wildman–Crippen MR) is 162 cm³/mol. The van der Waals surface area contributed by atoms with Gasteiger partial charge in [0.25, 0.3) is 0 Å². The molecule has 0 nitrogen and oxygen atoms in total. The maximum absolute atomic E-state index is 1.71. The fourth-order valence-corrected chi connectivity index (χ4v) is 15.5. The average molecular weight is 531 g/mol. The lowest BCUT2D eigenvalue weighted by Gasteiger charge is -2.58. The molecular formula is C39H62. The molecule has 9 atom stereocenters. The largest absolute Gasteiger partial charge is 0.0530 e. The molecule has 0 radical (unpaired) electrons. The molecule has 6 bridgehead atoms. The Kier molecular flexibility index (Phi) is 6.75. The van der Waals surface area contributed by atoms with Crippen molar-refractivity contribution in [2.75, 3.05) is 0 Å². The van der Waals surface area contributed by atoms with Crippen LogP contribution in [-0.4, -0.2) is 0 Å². The van der Waals surface area contributed by atoms with Gasteiger partial charge < -0.3 is 0 Å². The molecule has 39 heavy (non-hydrogen) atoms. The van der Waals surface area contributed by atoms with Gasteiger partial charge in [-0.05, 0) is 217 Å². The van der Waals surface area contributed by atoms with Crippen LogP contribution in [0.25, 0.3) is 0 Å². The molecule has 0 N–H and O–H groups in total. The van der Waals surface area contributed by atoms with Crippen molar-refractivity contribution in [2.45, 2.75) is 148 Å². The van der Waals surface area contributed by atoms with Crippen LogP contribution in [0, 0.1) is 94.7 Å². The highest BCUT2D eigenvalue weighted by atomic mass is 14.6. The van der Waals surface area contributed by atoms with Crippen LogP contribution in [0.3, 0.4) is 0 Å². The van der Waals surface area contributed by atoms with Gasteiger partial charge >= 0.3 is 0 Å². The van der Waals surface area contributed by atoms with Crippen LogP contribution in [0.2, 0.25) is 0 Å². The van der Waals surface area contributed by atoms with Gasteiger partial charge in [0, 0.05) is 0 Å². The van der Waals surface area contributed by atoms with Gasteiger partial charge in [-0.2, -0.15) is 0 Å². The quantitative estimate of drug-likeness (QED) is 0.333. The lowest BCUT2D eigenvalue weighted by atomic mass is 9.47. The Morgan fingerprint density at radius 2 is 0.538 bits per heavy atom. The van der Waals surface area contributed by atoms with E-state index in [1.54, 1.807) is 148 Å². The smallest absolute Gasteiger partial charge is 0.0318 e. The summed E-state index contributed by atoms with van der Waals surface area (Å²) in [6.07, 6.45) is 37.5. The zero-order chi connectivity index (χ0) is 25.5. The number of fused-ring (bicyclic) bond motifs is 4. The van der Waals surface area contributed by atoms with E-state index >= 15 is 0 Å². The van der Waals surface area contributed by atoms with Crippen molar-refractivity contribution in [3.8, 4) is 0 Å². The zero-order valence-corrected chi connectivity index (χ0v) is 25.5. The number of hydrogen-bond donors (Lipinski definition) is 0. The van der Waals surface area contributed by atoms with Crippen LogP contribution in [0.5, 0.6) is 0 Å². The van der Waals surface area contributed by atoms with Crippen LogP contribution >= 0.6 is 0 Å². The Morgan fingerprint density at radius 3 is 1.08 bits per heavy atom. The molecule has 0 aromatic heterocycles. The molecule has 0 heteroatoms. The first-order valence-electron chi connectivity index (χ1n) is 19.3. The van der Waals surface area contributed by atoms with Gasteiger partial charge in [-0.1, -0.05) is 25.7 Å². The third kappa shape index (κ3) is 4.22. The Hall–Kier alpha value is 0. The maximum atomic E-state index is 1.71. The van der Waals surface area contributed by atoms with Crippen molar-refractivity contribution in [1.29, 1.82) is 0 Å². The first kappa shape index (κ1) is 25.5. The van der Waals surface area contributed by atoms with E-state index in [1.165, 1.54) is 5.92 Å². The van der Waals surface area contributed by atoms with Crippen molar-refractivity contribution in [1.82, 2.24) is 0 Å². The van der Waals surface area contributed by atoms with Crippen molar-refractivity contribution < 1.29 is 0 Å². The van der Waals surface area contributed by atoms with E-state index in [-0.39, 0.29) is 0 Å². The summed E-state index contributed by atoms with van der Waals surface area (Å²) in [4.78, 5) is 0. The Labute approximate surface area is 242 Å². The summed E-state index contributed by atoms with van der Waals surface area (Å²) in [7, 11) is 0. The van der Waals surface area contributed by atoms with E-state index in [0.717, 1.165) is 88.8 Å². The fraction of sp³-hybridized carbons (Fsp3) is 1.00. The molecular weight excluding hydrogens is 468 g/mol. The summed E-state index contributed by atoms with van der Waals surface area (Å²) in [5.74, 6) is 18.3. The van der Waals surface area contributed by atoms with Crippen LogP contribution in [0.4, 0.5) is 0 Å². The Morgan fingerprint density at radius 1 is 0.205 bits per heavy atom. The zero-order valence-electron chi connectivity index (χ0n) is 25.5. The minimum Gasteiger partial charge on any atom is -0.0530 e. The van der Waals surface area contributed by atoms with Crippen LogP contribution in [0.1, 0.15) is 148 Å². The molecule has 0 saturated heterocycles. The molecule has 218 valence electrons. The van der Waals surface area contributed by atoms with Gasteiger partial charge in [-0.25, -0.2) is 0 Å². The molecule has 0 aromatic rings. The molecule has 11 aliphatic rings.